The van der Waals surface area contributed by atoms with Crippen LogP contribution in [0.1, 0.15) is 23.8 Å². The number of likely N-dealkylation sites (tertiary alicyclic amines) is 1. The molecule has 0 radical (unpaired) electrons. The fourth-order valence-electron chi connectivity index (χ4n) is 3.13. The number of amides is 1. The van der Waals surface area contributed by atoms with Gasteiger partial charge in [0.05, 0.1) is 25.5 Å². The molecular weight excluding hydrogens is 311 g/mol. The highest BCUT2D eigenvalue weighted by atomic mass is 19.1. The van der Waals surface area contributed by atoms with E-state index in [-0.39, 0.29) is 24.3 Å². The number of aliphatic hydroxyl groups excluding tert-OH is 1. The van der Waals surface area contributed by atoms with E-state index in [0.717, 1.165) is 5.56 Å². The van der Waals surface area contributed by atoms with Crippen LogP contribution in [0.5, 0.6) is 0 Å². The van der Waals surface area contributed by atoms with Crippen LogP contribution < -0.4 is 0 Å². The Morgan fingerprint density at radius 3 is 2.96 bits per heavy atom. The Bertz CT molecular complexity index is 689. The Labute approximate surface area is 140 Å². The maximum absolute atomic E-state index is 13.5. The van der Waals surface area contributed by atoms with Crippen LogP contribution in [-0.2, 0) is 11.3 Å². The van der Waals surface area contributed by atoms with Gasteiger partial charge in [-0.05, 0) is 36.2 Å². The molecule has 2 heterocycles. The van der Waals surface area contributed by atoms with Gasteiger partial charge in [0.2, 0.25) is 5.91 Å². The summed E-state index contributed by atoms with van der Waals surface area (Å²) in [6.45, 7) is 0.976. The minimum Gasteiger partial charge on any atom is -0.467 e. The summed E-state index contributed by atoms with van der Waals surface area (Å²) in [6, 6.07) is 9.78. The molecule has 1 amide bonds. The summed E-state index contributed by atoms with van der Waals surface area (Å²) in [7, 11) is 1.72. The first-order valence-electron chi connectivity index (χ1n) is 7.97. The van der Waals surface area contributed by atoms with Crippen LogP contribution >= 0.6 is 0 Å². The van der Waals surface area contributed by atoms with Crippen molar-refractivity contribution in [3.8, 4) is 0 Å². The molecule has 128 valence electrons. The van der Waals surface area contributed by atoms with Gasteiger partial charge in [0, 0.05) is 19.6 Å². The van der Waals surface area contributed by atoms with Crippen molar-refractivity contribution >= 4 is 5.91 Å². The maximum Gasteiger partial charge on any atom is 0.236 e. The monoisotopic (exact) mass is 332 g/mol. The normalized spacial score (nSPS) is 21.1. The lowest BCUT2D eigenvalue weighted by Crippen LogP contribution is -2.38. The van der Waals surface area contributed by atoms with Gasteiger partial charge in [-0.1, -0.05) is 12.1 Å². The molecule has 0 aliphatic carbocycles. The lowest BCUT2D eigenvalue weighted by Gasteiger charge is -2.26. The average molecular weight is 332 g/mol. The first-order valence-corrected chi connectivity index (χ1v) is 7.97. The molecule has 5 nitrogen and oxygen atoms in total. The van der Waals surface area contributed by atoms with Crippen LogP contribution in [0.2, 0.25) is 0 Å². The Morgan fingerprint density at radius 1 is 1.42 bits per heavy atom. The standard InChI is InChI=1S/C18H21FN2O3/c1-20(11-16-6-3-7-24-16)18(23)12-21-10-15(22)9-17(21)13-4-2-5-14(19)8-13/h2-8,15,17,22H,9-12H2,1H3/t15-,17-/m0/s1. The molecule has 2 atom stereocenters. The average Bonchev–Trinajstić information content (AvgIpc) is 3.17. The predicted molar refractivity (Wildman–Crippen MR) is 86.5 cm³/mol. The summed E-state index contributed by atoms with van der Waals surface area (Å²) < 4.78 is 18.7. The number of rotatable bonds is 5. The van der Waals surface area contributed by atoms with Gasteiger partial charge in [-0.25, -0.2) is 4.39 Å². The molecule has 24 heavy (non-hydrogen) atoms. The molecule has 1 fully saturated rings. The maximum atomic E-state index is 13.5. The van der Waals surface area contributed by atoms with E-state index in [0.29, 0.717) is 25.3 Å². The third-order valence-electron chi connectivity index (χ3n) is 4.35. The molecule has 1 aliphatic rings. The molecule has 3 rings (SSSR count). The summed E-state index contributed by atoms with van der Waals surface area (Å²) in [6.07, 6.45) is 1.56. The van der Waals surface area contributed by atoms with Gasteiger partial charge >= 0.3 is 0 Å². The molecular formula is C18H21FN2O3. The van der Waals surface area contributed by atoms with E-state index in [9.17, 15) is 14.3 Å². The van der Waals surface area contributed by atoms with E-state index in [4.69, 9.17) is 4.42 Å². The van der Waals surface area contributed by atoms with E-state index in [1.165, 1.54) is 12.1 Å². The summed E-state index contributed by atoms with van der Waals surface area (Å²) in [5.41, 5.74) is 0.785. The number of aliphatic hydroxyl groups is 1. The van der Waals surface area contributed by atoms with Crippen LogP contribution in [0.4, 0.5) is 4.39 Å². The number of furan rings is 1. The number of carbonyl (C=O) groups excluding carboxylic acids is 1. The van der Waals surface area contributed by atoms with Gasteiger partial charge in [-0.3, -0.25) is 9.69 Å². The lowest BCUT2D eigenvalue weighted by atomic mass is 10.0. The fourth-order valence-corrected chi connectivity index (χ4v) is 3.13. The predicted octanol–water partition coefficient (Wildman–Crippen LogP) is 2.19. The smallest absolute Gasteiger partial charge is 0.236 e. The van der Waals surface area contributed by atoms with Crippen molar-refractivity contribution in [3.63, 3.8) is 0 Å². The highest BCUT2D eigenvalue weighted by Crippen LogP contribution is 2.32. The largest absolute Gasteiger partial charge is 0.467 e. The summed E-state index contributed by atoms with van der Waals surface area (Å²) in [5.74, 6) is 0.339. The fraction of sp³-hybridized carbons (Fsp3) is 0.389. The molecule has 1 aromatic carbocycles. The second-order valence-electron chi connectivity index (χ2n) is 6.22. The van der Waals surface area contributed by atoms with Crippen LogP contribution in [0.15, 0.2) is 47.1 Å². The number of carbonyl (C=O) groups is 1. The van der Waals surface area contributed by atoms with Crippen molar-refractivity contribution in [2.75, 3.05) is 20.1 Å². The third kappa shape index (κ3) is 3.83. The SMILES string of the molecule is CN(Cc1ccco1)C(=O)CN1C[C@@H](O)C[C@H]1c1cccc(F)c1. The number of halogens is 1. The quantitative estimate of drug-likeness (QED) is 0.912. The van der Waals surface area contributed by atoms with E-state index in [2.05, 4.69) is 0 Å². The van der Waals surface area contributed by atoms with Crippen LogP contribution in [0.25, 0.3) is 0 Å². The van der Waals surface area contributed by atoms with Crippen LogP contribution in [-0.4, -0.2) is 47.1 Å². The minimum atomic E-state index is -0.513. The number of hydrogen-bond donors (Lipinski definition) is 1. The highest BCUT2D eigenvalue weighted by Gasteiger charge is 2.33. The molecule has 0 bridgehead atoms. The summed E-state index contributed by atoms with van der Waals surface area (Å²) >= 11 is 0. The molecule has 2 aromatic rings. The zero-order valence-electron chi connectivity index (χ0n) is 13.6. The topological polar surface area (TPSA) is 56.9 Å². The second kappa shape index (κ2) is 7.15. The molecule has 0 spiro atoms. The Balaban J connectivity index is 1.66. The van der Waals surface area contributed by atoms with Crippen LogP contribution in [0, 0.1) is 5.82 Å². The number of hydrogen-bond acceptors (Lipinski definition) is 4. The van der Waals surface area contributed by atoms with Gasteiger partial charge in [0.15, 0.2) is 0 Å². The van der Waals surface area contributed by atoms with Gasteiger partial charge in [-0.2, -0.15) is 0 Å². The van der Waals surface area contributed by atoms with Gasteiger partial charge in [-0.15, -0.1) is 0 Å². The summed E-state index contributed by atoms with van der Waals surface area (Å²) in [4.78, 5) is 16.0. The number of β-amino-alcohol motifs (C(OH)–C–C–N with tert-alkyl or cyclic N) is 1. The lowest BCUT2D eigenvalue weighted by molar-refractivity contribution is -0.132. The zero-order valence-corrected chi connectivity index (χ0v) is 13.6. The first kappa shape index (κ1) is 16.7. The Kier molecular flexibility index (Phi) is 4.97. The summed E-state index contributed by atoms with van der Waals surface area (Å²) in [5, 5.41) is 9.98. The van der Waals surface area contributed by atoms with E-state index < -0.39 is 6.10 Å². The number of likely N-dealkylation sites (N-methyl/N-ethyl adjacent to an activating group) is 1. The third-order valence-corrected chi connectivity index (χ3v) is 4.35. The van der Waals surface area contributed by atoms with Gasteiger partial charge < -0.3 is 14.4 Å². The molecule has 0 unspecified atom stereocenters. The van der Waals surface area contributed by atoms with Crippen molar-refractivity contribution in [2.24, 2.45) is 0 Å². The molecule has 1 aromatic heterocycles. The molecule has 0 saturated carbocycles. The molecule has 1 saturated heterocycles. The number of nitrogens with zero attached hydrogens (tertiary/aromatic N) is 2. The molecule has 6 heteroatoms. The number of benzene rings is 1. The van der Waals surface area contributed by atoms with Crippen molar-refractivity contribution < 1.29 is 18.7 Å². The van der Waals surface area contributed by atoms with Crippen molar-refractivity contribution in [3.05, 3.63) is 59.8 Å². The van der Waals surface area contributed by atoms with Crippen molar-refractivity contribution in [1.29, 1.82) is 0 Å². The second-order valence-corrected chi connectivity index (χ2v) is 6.22. The highest BCUT2D eigenvalue weighted by molar-refractivity contribution is 5.78. The molecule has 1 N–H and O–H groups in total. The van der Waals surface area contributed by atoms with E-state index in [1.807, 2.05) is 17.0 Å². The van der Waals surface area contributed by atoms with Crippen molar-refractivity contribution in [1.82, 2.24) is 9.80 Å². The van der Waals surface area contributed by atoms with Crippen LogP contribution in [0.3, 0.4) is 0 Å². The molecule has 1 aliphatic heterocycles. The minimum absolute atomic E-state index is 0.0677. The van der Waals surface area contributed by atoms with E-state index >= 15 is 0 Å². The first-order chi connectivity index (χ1) is 11.5. The van der Waals surface area contributed by atoms with Gasteiger partial charge in [0.1, 0.15) is 11.6 Å². The zero-order chi connectivity index (χ0) is 17.1. The van der Waals surface area contributed by atoms with E-state index in [1.54, 1.807) is 30.3 Å². The van der Waals surface area contributed by atoms with Gasteiger partial charge in [0.25, 0.3) is 0 Å². The van der Waals surface area contributed by atoms with Crippen molar-refractivity contribution in [2.45, 2.75) is 25.1 Å². The Morgan fingerprint density at radius 2 is 2.25 bits per heavy atom. The Hall–Kier alpha value is -2.18.